The van der Waals surface area contributed by atoms with Gasteiger partial charge in [-0.2, -0.15) is 0 Å². The first-order valence-electron chi connectivity index (χ1n) is 9.37. The van der Waals surface area contributed by atoms with Gasteiger partial charge >= 0.3 is 0 Å². The molecule has 2 aliphatic heterocycles. The third-order valence-electron chi connectivity index (χ3n) is 5.31. The van der Waals surface area contributed by atoms with Gasteiger partial charge in [0.15, 0.2) is 0 Å². The lowest BCUT2D eigenvalue weighted by Crippen LogP contribution is -2.48. The van der Waals surface area contributed by atoms with Crippen molar-refractivity contribution in [1.82, 2.24) is 9.80 Å². The minimum Gasteiger partial charge on any atom is -0.336 e. The maximum Gasteiger partial charge on any atom is 0.263 e. The summed E-state index contributed by atoms with van der Waals surface area (Å²) in [5.41, 5.74) is 1.38. The van der Waals surface area contributed by atoms with E-state index < -0.39 is 0 Å². The first-order valence-corrected chi connectivity index (χ1v) is 10.2. The van der Waals surface area contributed by atoms with Crippen LogP contribution in [0.2, 0.25) is 0 Å². The molecule has 0 saturated carbocycles. The molecule has 128 valence electrons. The van der Waals surface area contributed by atoms with Crippen molar-refractivity contribution in [3.8, 4) is 0 Å². The molecular formula is C19H30N2OS. The summed E-state index contributed by atoms with van der Waals surface area (Å²) in [6, 6.07) is 2.76. The molecule has 0 unspecified atom stereocenters. The lowest BCUT2D eigenvalue weighted by molar-refractivity contribution is 0.0612. The molecule has 0 bridgehead atoms. The second kappa shape index (κ2) is 7.80. The highest BCUT2D eigenvalue weighted by Crippen LogP contribution is 2.28. The van der Waals surface area contributed by atoms with Gasteiger partial charge in [-0.1, -0.05) is 20.3 Å². The standard InChI is InChI=1S/C19H30N2OS/c1-3-8-17-15(4-2)13-18(23-17)19(22)21-12-7-9-16(14-21)20-10-5-6-11-20/h13,16H,3-12,14H2,1-2H3/t16-/m1/s1. The second-order valence-electron chi connectivity index (χ2n) is 6.95. The van der Waals surface area contributed by atoms with E-state index in [1.807, 2.05) is 0 Å². The molecule has 3 heterocycles. The van der Waals surface area contributed by atoms with Crippen LogP contribution in [-0.2, 0) is 12.8 Å². The van der Waals surface area contributed by atoms with Crippen LogP contribution in [0.3, 0.4) is 0 Å². The Balaban J connectivity index is 1.69. The Kier molecular flexibility index (Phi) is 5.76. The molecule has 1 amide bonds. The average molecular weight is 335 g/mol. The summed E-state index contributed by atoms with van der Waals surface area (Å²) in [4.78, 5) is 20.1. The van der Waals surface area contributed by atoms with Crippen molar-refractivity contribution in [3.63, 3.8) is 0 Å². The largest absolute Gasteiger partial charge is 0.336 e. The molecular weight excluding hydrogens is 304 g/mol. The van der Waals surface area contributed by atoms with E-state index in [0.717, 1.165) is 43.6 Å². The van der Waals surface area contributed by atoms with Crippen molar-refractivity contribution < 1.29 is 4.79 Å². The van der Waals surface area contributed by atoms with Crippen LogP contribution in [-0.4, -0.2) is 47.9 Å². The highest BCUT2D eigenvalue weighted by atomic mass is 32.1. The average Bonchev–Trinajstić information content (AvgIpc) is 3.24. The molecule has 23 heavy (non-hydrogen) atoms. The van der Waals surface area contributed by atoms with Crippen LogP contribution in [0.25, 0.3) is 0 Å². The molecule has 1 atom stereocenters. The number of aryl methyl sites for hydroxylation is 2. The number of rotatable bonds is 5. The Morgan fingerprint density at radius 1 is 1.22 bits per heavy atom. The third-order valence-corrected chi connectivity index (χ3v) is 6.53. The van der Waals surface area contributed by atoms with Gasteiger partial charge in [0.05, 0.1) is 4.88 Å². The predicted octanol–water partition coefficient (Wildman–Crippen LogP) is 3.96. The summed E-state index contributed by atoms with van der Waals surface area (Å²) in [5.74, 6) is 0.274. The number of amides is 1. The molecule has 2 saturated heterocycles. The van der Waals surface area contributed by atoms with E-state index in [2.05, 4.69) is 29.7 Å². The van der Waals surface area contributed by atoms with E-state index in [4.69, 9.17) is 0 Å². The Labute approximate surface area is 144 Å². The number of thiophene rings is 1. The van der Waals surface area contributed by atoms with Crippen molar-refractivity contribution in [2.45, 2.75) is 64.8 Å². The molecule has 0 radical (unpaired) electrons. The summed E-state index contributed by atoms with van der Waals surface area (Å²) in [6.45, 7) is 8.73. The van der Waals surface area contributed by atoms with E-state index >= 15 is 0 Å². The van der Waals surface area contributed by atoms with Gasteiger partial charge in [-0.25, -0.2) is 0 Å². The smallest absolute Gasteiger partial charge is 0.263 e. The minimum atomic E-state index is 0.274. The minimum absolute atomic E-state index is 0.274. The van der Waals surface area contributed by atoms with Gasteiger partial charge in [0, 0.05) is 24.0 Å². The van der Waals surface area contributed by atoms with Gasteiger partial charge < -0.3 is 4.90 Å². The molecule has 2 aliphatic rings. The van der Waals surface area contributed by atoms with E-state index in [9.17, 15) is 4.79 Å². The monoisotopic (exact) mass is 334 g/mol. The lowest BCUT2D eigenvalue weighted by Gasteiger charge is -2.37. The summed E-state index contributed by atoms with van der Waals surface area (Å²) in [6.07, 6.45) is 8.37. The van der Waals surface area contributed by atoms with E-state index in [-0.39, 0.29) is 5.91 Å². The number of hydrogen-bond donors (Lipinski definition) is 0. The van der Waals surface area contributed by atoms with Gasteiger partial charge in [-0.3, -0.25) is 9.69 Å². The van der Waals surface area contributed by atoms with Crippen LogP contribution in [0.4, 0.5) is 0 Å². The van der Waals surface area contributed by atoms with Crippen LogP contribution < -0.4 is 0 Å². The van der Waals surface area contributed by atoms with Crippen molar-refractivity contribution in [1.29, 1.82) is 0 Å². The summed E-state index contributed by atoms with van der Waals surface area (Å²) in [5, 5.41) is 0. The molecule has 0 aliphatic carbocycles. The van der Waals surface area contributed by atoms with Gasteiger partial charge in [-0.15, -0.1) is 11.3 Å². The number of carbonyl (C=O) groups is 1. The molecule has 0 aromatic carbocycles. The first-order chi connectivity index (χ1) is 11.2. The maximum atomic E-state index is 13.0. The molecule has 0 N–H and O–H groups in total. The predicted molar refractivity (Wildman–Crippen MR) is 97.4 cm³/mol. The number of carbonyl (C=O) groups excluding carboxylic acids is 1. The second-order valence-corrected chi connectivity index (χ2v) is 8.09. The zero-order valence-corrected chi connectivity index (χ0v) is 15.5. The number of nitrogens with zero attached hydrogens (tertiary/aromatic N) is 2. The van der Waals surface area contributed by atoms with E-state index in [0.29, 0.717) is 6.04 Å². The summed E-state index contributed by atoms with van der Waals surface area (Å²) >= 11 is 1.74. The van der Waals surface area contributed by atoms with Gasteiger partial charge in [0.1, 0.15) is 0 Å². The van der Waals surface area contributed by atoms with Crippen LogP contribution in [0.5, 0.6) is 0 Å². The first kappa shape index (κ1) is 17.0. The van der Waals surface area contributed by atoms with E-state index in [1.165, 1.54) is 42.8 Å². The van der Waals surface area contributed by atoms with Crippen LogP contribution >= 0.6 is 11.3 Å². The maximum absolute atomic E-state index is 13.0. The molecule has 4 heteroatoms. The van der Waals surface area contributed by atoms with Crippen molar-refractivity contribution >= 4 is 17.2 Å². The SMILES string of the molecule is CCCc1sc(C(=O)N2CCC[C@@H](N3CCCC3)C2)cc1CC. The zero-order chi connectivity index (χ0) is 16.2. The fourth-order valence-corrected chi connectivity index (χ4v) is 5.33. The van der Waals surface area contributed by atoms with Gasteiger partial charge in [0.2, 0.25) is 0 Å². The fourth-order valence-electron chi connectivity index (χ4n) is 4.01. The Hall–Kier alpha value is -0.870. The van der Waals surface area contributed by atoms with Crippen LogP contribution in [0.15, 0.2) is 6.07 Å². The summed E-state index contributed by atoms with van der Waals surface area (Å²) in [7, 11) is 0. The van der Waals surface area contributed by atoms with Crippen LogP contribution in [0, 0.1) is 0 Å². The molecule has 1 aromatic heterocycles. The Bertz CT molecular complexity index is 533. The topological polar surface area (TPSA) is 23.6 Å². The van der Waals surface area contributed by atoms with Crippen molar-refractivity contribution in [2.24, 2.45) is 0 Å². The Morgan fingerprint density at radius 2 is 2.00 bits per heavy atom. The highest BCUT2D eigenvalue weighted by molar-refractivity contribution is 7.14. The van der Waals surface area contributed by atoms with Crippen molar-refractivity contribution in [3.05, 3.63) is 21.4 Å². The number of piperidine rings is 1. The molecule has 3 nitrogen and oxygen atoms in total. The van der Waals surface area contributed by atoms with E-state index in [1.54, 1.807) is 11.3 Å². The van der Waals surface area contributed by atoms with Gasteiger partial charge in [-0.05, 0) is 63.2 Å². The molecule has 2 fully saturated rings. The quantitative estimate of drug-likeness (QED) is 0.813. The van der Waals surface area contributed by atoms with Gasteiger partial charge in [0.25, 0.3) is 5.91 Å². The molecule has 1 aromatic rings. The number of likely N-dealkylation sites (tertiary alicyclic amines) is 2. The highest BCUT2D eigenvalue weighted by Gasteiger charge is 2.30. The Morgan fingerprint density at radius 3 is 2.70 bits per heavy atom. The molecule has 3 rings (SSSR count). The summed E-state index contributed by atoms with van der Waals surface area (Å²) < 4.78 is 0. The third kappa shape index (κ3) is 3.80. The normalized spacial score (nSPS) is 22.7. The molecule has 0 spiro atoms. The zero-order valence-electron chi connectivity index (χ0n) is 14.6. The fraction of sp³-hybridized carbons (Fsp3) is 0.737. The lowest BCUT2D eigenvalue weighted by atomic mass is 10.0. The number of hydrogen-bond acceptors (Lipinski definition) is 3. The van der Waals surface area contributed by atoms with Crippen molar-refractivity contribution in [2.75, 3.05) is 26.2 Å². The van der Waals surface area contributed by atoms with Crippen LogP contribution in [0.1, 0.15) is 66.1 Å².